The summed E-state index contributed by atoms with van der Waals surface area (Å²) in [5.41, 5.74) is 5.20. The highest BCUT2D eigenvalue weighted by Gasteiger charge is 2.29. The van der Waals surface area contributed by atoms with E-state index >= 15 is 0 Å². The third-order valence-electron chi connectivity index (χ3n) is 5.91. The first-order valence-electron chi connectivity index (χ1n) is 10.4. The van der Waals surface area contributed by atoms with Gasteiger partial charge < -0.3 is 5.32 Å². The Morgan fingerprint density at radius 3 is 2.85 bits per heavy atom. The van der Waals surface area contributed by atoms with Crippen molar-refractivity contribution in [2.24, 2.45) is 0 Å². The van der Waals surface area contributed by atoms with Crippen LogP contribution in [0.5, 0.6) is 0 Å². The van der Waals surface area contributed by atoms with Gasteiger partial charge >= 0.3 is 0 Å². The van der Waals surface area contributed by atoms with Crippen LogP contribution in [-0.2, 0) is 24.2 Å². The summed E-state index contributed by atoms with van der Waals surface area (Å²) in [6.45, 7) is 4.62. The van der Waals surface area contributed by atoms with Crippen molar-refractivity contribution < 1.29 is 4.79 Å². The normalized spacial score (nSPS) is 19.8. The van der Waals surface area contributed by atoms with Gasteiger partial charge in [-0.1, -0.05) is 24.6 Å². The Bertz CT molecular complexity index is 783. The lowest BCUT2D eigenvalue weighted by Crippen LogP contribution is -2.42. The van der Waals surface area contributed by atoms with Gasteiger partial charge in [-0.2, -0.15) is 5.10 Å². The monoisotopic (exact) mass is 366 g/mol. The van der Waals surface area contributed by atoms with Gasteiger partial charge in [0.25, 0.3) is 0 Å². The Hall–Kier alpha value is -2.14. The molecule has 0 saturated carbocycles. The number of likely N-dealkylation sites (tertiary alicyclic amines) is 1. The number of fused-ring (bicyclic) bond motifs is 1. The molecule has 0 radical (unpaired) electrons. The lowest BCUT2D eigenvalue weighted by atomic mass is 9.98. The van der Waals surface area contributed by atoms with Crippen molar-refractivity contribution in [2.45, 2.75) is 64.5 Å². The van der Waals surface area contributed by atoms with Crippen molar-refractivity contribution in [1.29, 1.82) is 0 Å². The van der Waals surface area contributed by atoms with Gasteiger partial charge in [-0.3, -0.25) is 9.69 Å². The molecule has 1 amide bonds. The summed E-state index contributed by atoms with van der Waals surface area (Å²) >= 11 is 0. The fourth-order valence-corrected chi connectivity index (χ4v) is 4.60. The molecule has 1 aliphatic heterocycles. The first-order valence-corrected chi connectivity index (χ1v) is 10.4. The van der Waals surface area contributed by atoms with Crippen molar-refractivity contribution in [3.63, 3.8) is 0 Å². The highest BCUT2D eigenvalue weighted by molar-refractivity contribution is 5.76. The van der Waals surface area contributed by atoms with Crippen LogP contribution in [0, 0.1) is 0 Å². The van der Waals surface area contributed by atoms with E-state index in [9.17, 15) is 4.79 Å². The molecule has 5 heteroatoms. The highest BCUT2D eigenvalue weighted by Crippen LogP contribution is 2.30. The van der Waals surface area contributed by atoms with Crippen LogP contribution in [0.2, 0.25) is 0 Å². The molecular weight excluding hydrogens is 336 g/mol. The van der Waals surface area contributed by atoms with Gasteiger partial charge in [-0.15, -0.1) is 0 Å². The molecule has 0 bridgehead atoms. The lowest BCUT2D eigenvalue weighted by molar-refractivity contribution is -0.122. The molecule has 4 rings (SSSR count). The van der Waals surface area contributed by atoms with E-state index in [4.69, 9.17) is 5.10 Å². The fraction of sp³-hybridized carbons (Fsp3) is 0.545. The van der Waals surface area contributed by atoms with Crippen LogP contribution in [-0.4, -0.2) is 39.7 Å². The molecule has 1 aliphatic carbocycles. The molecule has 0 spiro atoms. The van der Waals surface area contributed by atoms with E-state index in [1.165, 1.54) is 36.2 Å². The van der Waals surface area contributed by atoms with Crippen LogP contribution in [0.3, 0.4) is 0 Å². The first kappa shape index (κ1) is 18.2. The van der Waals surface area contributed by atoms with Crippen molar-refractivity contribution >= 4 is 5.91 Å². The second-order valence-corrected chi connectivity index (χ2v) is 7.75. The number of carbonyl (C=O) groups excluding carboxylic acids is 1. The van der Waals surface area contributed by atoms with E-state index in [-0.39, 0.29) is 5.91 Å². The molecule has 5 nitrogen and oxygen atoms in total. The maximum absolute atomic E-state index is 12.1. The van der Waals surface area contributed by atoms with Crippen LogP contribution < -0.4 is 5.32 Å². The molecule has 2 aromatic rings. The molecule has 1 aromatic heterocycles. The summed E-state index contributed by atoms with van der Waals surface area (Å²) in [6, 6.07) is 10.8. The Labute approximate surface area is 161 Å². The third-order valence-corrected chi connectivity index (χ3v) is 5.91. The van der Waals surface area contributed by atoms with Crippen molar-refractivity contribution in [3.05, 3.63) is 47.3 Å². The van der Waals surface area contributed by atoms with Crippen LogP contribution in [0.4, 0.5) is 0 Å². The second-order valence-electron chi connectivity index (χ2n) is 7.75. The van der Waals surface area contributed by atoms with Gasteiger partial charge in [0.15, 0.2) is 0 Å². The van der Waals surface area contributed by atoms with Gasteiger partial charge in [0, 0.05) is 31.2 Å². The molecule has 1 saturated heterocycles. The molecule has 1 aromatic carbocycles. The molecule has 1 fully saturated rings. The Balaban J connectivity index is 1.55. The number of nitrogens with one attached hydrogen (secondary N) is 1. The molecule has 1 unspecified atom stereocenters. The van der Waals surface area contributed by atoms with E-state index in [1.807, 2.05) is 13.0 Å². The maximum Gasteiger partial charge on any atom is 0.221 e. The third kappa shape index (κ3) is 3.93. The highest BCUT2D eigenvalue weighted by atomic mass is 16.1. The molecule has 2 aliphatic rings. The average Bonchev–Trinajstić information content (AvgIpc) is 3.28. The summed E-state index contributed by atoms with van der Waals surface area (Å²) in [5.74, 6) is 0.175. The van der Waals surface area contributed by atoms with Crippen LogP contribution in [0.1, 0.15) is 56.0 Å². The van der Waals surface area contributed by atoms with Crippen LogP contribution in [0.25, 0.3) is 5.69 Å². The van der Waals surface area contributed by atoms with Gasteiger partial charge in [0.05, 0.1) is 11.4 Å². The average molecular weight is 367 g/mol. The van der Waals surface area contributed by atoms with E-state index in [2.05, 4.69) is 39.2 Å². The molecule has 1 N–H and O–H groups in total. The number of aromatic nitrogens is 2. The van der Waals surface area contributed by atoms with E-state index in [1.54, 1.807) is 0 Å². The van der Waals surface area contributed by atoms with Crippen LogP contribution in [0.15, 0.2) is 30.3 Å². The Morgan fingerprint density at radius 1 is 1.19 bits per heavy atom. The molecule has 27 heavy (non-hydrogen) atoms. The second kappa shape index (κ2) is 8.26. The fourth-order valence-electron chi connectivity index (χ4n) is 4.60. The molecule has 1 atom stereocenters. The van der Waals surface area contributed by atoms with Gasteiger partial charge in [-0.05, 0) is 63.3 Å². The largest absolute Gasteiger partial charge is 0.356 e. The predicted molar refractivity (Wildman–Crippen MR) is 107 cm³/mol. The number of para-hydroxylation sites is 1. The van der Waals surface area contributed by atoms with E-state index in [0.717, 1.165) is 38.0 Å². The summed E-state index contributed by atoms with van der Waals surface area (Å²) in [5, 5.41) is 7.98. The molecule has 144 valence electrons. The number of rotatable bonds is 6. The van der Waals surface area contributed by atoms with Gasteiger partial charge in [0.1, 0.15) is 0 Å². The summed E-state index contributed by atoms with van der Waals surface area (Å²) in [4.78, 5) is 14.6. The standard InChI is InChI=1S/C22H30N4O/c1-2-23-22(27)15-18-11-6-7-14-25(18)16-20-19-12-8-13-21(19)26(24-20)17-9-4-3-5-10-17/h3-5,9-10,18H,2,6-8,11-16H2,1H3,(H,23,27). The topological polar surface area (TPSA) is 50.2 Å². The zero-order valence-electron chi connectivity index (χ0n) is 16.3. The molecular formula is C22H30N4O. The molecule has 2 heterocycles. The summed E-state index contributed by atoms with van der Waals surface area (Å²) < 4.78 is 2.15. The number of benzene rings is 1. The Morgan fingerprint density at radius 2 is 2.04 bits per heavy atom. The number of hydrogen-bond acceptors (Lipinski definition) is 3. The lowest BCUT2D eigenvalue weighted by Gasteiger charge is -2.35. The maximum atomic E-state index is 12.1. The van der Waals surface area contributed by atoms with E-state index in [0.29, 0.717) is 19.0 Å². The smallest absolute Gasteiger partial charge is 0.221 e. The zero-order valence-corrected chi connectivity index (χ0v) is 16.3. The SMILES string of the molecule is CCNC(=O)CC1CCCCN1Cc1nn(-c2ccccc2)c2c1CCC2. The van der Waals surface area contributed by atoms with E-state index < -0.39 is 0 Å². The van der Waals surface area contributed by atoms with Gasteiger partial charge in [0.2, 0.25) is 5.91 Å². The minimum absolute atomic E-state index is 0.175. The quantitative estimate of drug-likeness (QED) is 0.854. The Kier molecular flexibility index (Phi) is 5.58. The number of carbonyl (C=O) groups is 1. The number of amides is 1. The minimum atomic E-state index is 0.175. The summed E-state index contributed by atoms with van der Waals surface area (Å²) in [7, 11) is 0. The van der Waals surface area contributed by atoms with Crippen LogP contribution >= 0.6 is 0 Å². The predicted octanol–water partition coefficient (Wildman–Crippen LogP) is 3.24. The number of piperidine rings is 1. The minimum Gasteiger partial charge on any atom is -0.356 e. The van der Waals surface area contributed by atoms with Gasteiger partial charge in [-0.25, -0.2) is 4.68 Å². The van der Waals surface area contributed by atoms with Crippen molar-refractivity contribution in [3.8, 4) is 5.69 Å². The number of nitrogens with zero attached hydrogens (tertiary/aromatic N) is 3. The number of hydrogen-bond donors (Lipinski definition) is 1. The van der Waals surface area contributed by atoms with Crippen molar-refractivity contribution in [1.82, 2.24) is 20.0 Å². The zero-order chi connectivity index (χ0) is 18.6. The summed E-state index contributed by atoms with van der Waals surface area (Å²) in [6.07, 6.45) is 7.61. The first-order chi connectivity index (χ1) is 13.3. The van der Waals surface area contributed by atoms with Crippen molar-refractivity contribution in [2.75, 3.05) is 13.1 Å².